The van der Waals surface area contributed by atoms with Gasteiger partial charge in [0.1, 0.15) is 0 Å². The van der Waals surface area contributed by atoms with Gasteiger partial charge in [-0.25, -0.2) is 0 Å². The fraction of sp³-hybridized carbons (Fsp3) is 0.333. The summed E-state index contributed by atoms with van der Waals surface area (Å²) < 4.78 is 0.914. The van der Waals surface area contributed by atoms with Gasteiger partial charge in [-0.3, -0.25) is 9.59 Å². The second kappa shape index (κ2) is 9.04. The first kappa shape index (κ1) is 19.4. The Morgan fingerprint density at radius 3 is 2.44 bits per heavy atom. The molecule has 2 N–H and O–H groups in total. The second-order valence-corrected chi connectivity index (χ2v) is 7.88. The molecule has 1 fully saturated rings. The lowest BCUT2D eigenvalue weighted by atomic mass is 9.98. The molecule has 0 radical (unpaired) electrons. The Labute approximate surface area is 168 Å². The Hall–Kier alpha value is -2.34. The fourth-order valence-electron chi connectivity index (χ4n) is 3.08. The molecule has 3 rings (SSSR count). The molecule has 2 amide bonds. The highest BCUT2D eigenvalue weighted by Gasteiger charge is 2.21. The zero-order valence-corrected chi connectivity index (χ0v) is 17.0. The normalized spacial score (nSPS) is 14.7. The number of amides is 2. The summed E-state index contributed by atoms with van der Waals surface area (Å²) in [5, 5.41) is 5.92. The van der Waals surface area contributed by atoms with E-state index >= 15 is 0 Å². The molecule has 0 aromatic heterocycles. The highest BCUT2D eigenvalue weighted by atomic mass is 79.9. The molecule has 6 heteroatoms. The summed E-state index contributed by atoms with van der Waals surface area (Å²) in [4.78, 5) is 26.5. The highest BCUT2D eigenvalue weighted by Crippen LogP contribution is 2.19. The standard InChI is InChI=1S/C21H24BrN3O2/c1-15-9-11-25(12-10-15)21(27)16-5-7-18(8-6-16)23-14-20(26)24-19-4-2-3-17(22)13-19/h2-8,13,15,23H,9-12,14H2,1H3,(H,24,26). The first-order valence-corrected chi connectivity index (χ1v) is 9.99. The van der Waals surface area contributed by atoms with Gasteiger partial charge in [0.15, 0.2) is 0 Å². The molecule has 2 aromatic rings. The predicted octanol–water partition coefficient (Wildman–Crippen LogP) is 4.37. The van der Waals surface area contributed by atoms with Crippen molar-refractivity contribution in [1.82, 2.24) is 4.90 Å². The summed E-state index contributed by atoms with van der Waals surface area (Å²) in [7, 11) is 0. The summed E-state index contributed by atoms with van der Waals surface area (Å²) in [6.45, 7) is 4.05. The summed E-state index contributed by atoms with van der Waals surface area (Å²) in [6.07, 6.45) is 2.14. The molecule has 5 nitrogen and oxygen atoms in total. The molecule has 0 bridgehead atoms. The van der Waals surface area contributed by atoms with Crippen LogP contribution in [-0.4, -0.2) is 36.3 Å². The van der Waals surface area contributed by atoms with Crippen molar-refractivity contribution >= 4 is 39.1 Å². The van der Waals surface area contributed by atoms with E-state index in [1.54, 1.807) is 0 Å². The molecular weight excluding hydrogens is 406 g/mol. The van der Waals surface area contributed by atoms with Gasteiger partial charge in [-0.2, -0.15) is 0 Å². The van der Waals surface area contributed by atoms with Crippen molar-refractivity contribution in [3.05, 3.63) is 58.6 Å². The number of piperidine rings is 1. The first-order chi connectivity index (χ1) is 13.0. The van der Waals surface area contributed by atoms with E-state index in [0.717, 1.165) is 41.8 Å². The minimum Gasteiger partial charge on any atom is -0.376 e. The van der Waals surface area contributed by atoms with Crippen LogP contribution in [-0.2, 0) is 4.79 Å². The van der Waals surface area contributed by atoms with Crippen molar-refractivity contribution in [2.45, 2.75) is 19.8 Å². The van der Waals surface area contributed by atoms with Gasteiger partial charge < -0.3 is 15.5 Å². The molecule has 1 saturated heterocycles. The third kappa shape index (κ3) is 5.57. The SMILES string of the molecule is CC1CCN(C(=O)c2ccc(NCC(=O)Nc3cccc(Br)c3)cc2)CC1. The van der Waals surface area contributed by atoms with E-state index < -0.39 is 0 Å². The maximum absolute atomic E-state index is 12.6. The van der Waals surface area contributed by atoms with Crippen molar-refractivity contribution in [1.29, 1.82) is 0 Å². The van der Waals surface area contributed by atoms with Gasteiger partial charge in [0.05, 0.1) is 6.54 Å². The van der Waals surface area contributed by atoms with Crippen LogP contribution in [0.25, 0.3) is 0 Å². The van der Waals surface area contributed by atoms with Gasteiger partial charge in [-0.05, 0) is 61.2 Å². The molecular formula is C21H24BrN3O2. The van der Waals surface area contributed by atoms with E-state index in [0.29, 0.717) is 11.5 Å². The van der Waals surface area contributed by atoms with E-state index in [1.807, 2.05) is 53.4 Å². The monoisotopic (exact) mass is 429 g/mol. The average Bonchev–Trinajstić information content (AvgIpc) is 2.67. The summed E-state index contributed by atoms with van der Waals surface area (Å²) in [6, 6.07) is 14.8. The molecule has 0 saturated carbocycles. The molecule has 0 aliphatic carbocycles. The van der Waals surface area contributed by atoms with Crippen LogP contribution >= 0.6 is 15.9 Å². The minimum atomic E-state index is -0.129. The van der Waals surface area contributed by atoms with Crippen molar-refractivity contribution in [3.63, 3.8) is 0 Å². The highest BCUT2D eigenvalue weighted by molar-refractivity contribution is 9.10. The van der Waals surface area contributed by atoms with Crippen LogP contribution in [0.2, 0.25) is 0 Å². The first-order valence-electron chi connectivity index (χ1n) is 9.20. The molecule has 27 heavy (non-hydrogen) atoms. The van der Waals surface area contributed by atoms with E-state index in [4.69, 9.17) is 0 Å². The summed E-state index contributed by atoms with van der Waals surface area (Å²) in [5.41, 5.74) is 2.24. The Bertz CT molecular complexity index is 799. The van der Waals surface area contributed by atoms with Crippen molar-refractivity contribution < 1.29 is 9.59 Å². The van der Waals surface area contributed by atoms with Crippen LogP contribution in [0.15, 0.2) is 53.0 Å². The fourth-order valence-corrected chi connectivity index (χ4v) is 3.48. The summed E-state index contributed by atoms with van der Waals surface area (Å²) >= 11 is 3.38. The zero-order valence-electron chi connectivity index (χ0n) is 15.4. The Morgan fingerprint density at radius 2 is 1.78 bits per heavy atom. The van der Waals surface area contributed by atoms with Crippen LogP contribution < -0.4 is 10.6 Å². The topological polar surface area (TPSA) is 61.4 Å². The van der Waals surface area contributed by atoms with Gasteiger partial charge in [0, 0.05) is 34.5 Å². The molecule has 1 heterocycles. The maximum Gasteiger partial charge on any atom is 0.253 e. The molecule has 142 valence electrons. The van der Waals surface area contributed by atoms with E-state index in [1.165, 1.54) is 0 Å². The largest absolute Gasteiger partial charge is 0.376 e. The number of carbonyl (C=O) groups excluding carboxylic acids is 2. The lowest BCUT2D eigenvalue weighted by molar-refractivity contribution is -0.114. The van der Waals surface area contributed by atoms with Crippen LogP contribution in [0.3, 0.4) is 0 Å². The second-order valence-electron chi connectivity index (χ2n) is 6.96. The molecule has 2 aromatic carbocycles. The van der Waals surface area contributed by atoms with Crippen LogP contribution in [0.5, 0.6) is 0 Å². The number of benzene rings is 2. The van der Waals surface area contributed by atoms with E-state index in [-0.39, 0.29) is 18.4 Å². The Kier molecular flexibility index (Phi) is 6.50. The smallest absolute Gasteiger partial charge is 0.253 e. The average molecular weight is 430 g/mol. The van der Waals surface area contributed by atoms with Gasteiger partial charge in [-0.1, -0.05) is 28.9 Å². The van der Waals surface area contributed by atoms with Gasteiger partial charge in [0.2, 0.25) is 5.91 Å². The third-order valence-corrected chi connectivity index (χ3v) is 5.26. The van der Waals surface area contributed by atoms with E-state index in [2.05, 4.69) is 33.5 Å². The van der Waals surface area contributed by atoms with Crippen molar-refractivity contribution in [2.75, 3.05) is 30.3 Å². The summed E-state index contributed by atoms with van der Waals surface area (Å²) in [5.74, 6) is 0.653. The molecule has 1 aliphatic rings. The lowest BCUT2D eigenvalue weighted by Crippen LogP contribution is -2.37. The number of nitrogens with one attached hydrogen (secondary N) is 2. The maximum atomic E-state index is 12.6. The number of rotatable bonds is 5. The number of halogens is 1. The van der Waals surface area contributed by atoms with Crippen LogP contribution in [0.1, 0.15) is 30.1 Å². The molecule has 0 atom stereocenters. The third-order valence-electron chi connectivity index (χ3n) is 4.76. The number of anilines is 2. The Balaban J connectivity index is 1.50. The quantitative estimate of drug-likeness (QED) is 0.741. The molecule has 0 spiro atoms. The van der Waals surface area contributed by atoms with E-state index in [9.17, 15) is 9.59 Å². The predicted molar refractivity (Wildman–Crippen MR) is 112 cm³/mol. The number of nitrogens with zero attached hydrogens (tertiary/aromatic N) is 1. The number of hydrogen-bond donors (Lipinski definition) is 2. The van der Waals surface area contributed by atoms with Crippen molar-refractivity contribution in [3.8, 4) is 0 Å². The molecule has 1 aliphatic heterocycles. The molecule has 0 unspecified atom stereocenters. The lowest BCUT2D eigenvalue weighted by Gasteiger charge is -2.30. The van der Waals surface area contributed by atoms with Gasteiger partial charge in [0.25, 0.3) is 5.91 Å². The number of carbonyl (C=O) groups is 2. The Morgan fingerprint density at radius 1 is 1.07 bits per heavy atom. The van der Waals surface area contributed by atoms with Crippen LogP contribution in [0.4, 0.5) is 11.4 Å². The van der Waals surface area contributed by atoms with Crippen LogP contribution in [0, 0.1) is 5.92 Å². The van der Waals surface area contributed by atoms with Gasteiger partial charge in [-0.15, -0.1) is 0 Å². The zero-order chi connectivity index (χ0) is 19.2. The minimum absolute atomic E-state index is 0.0841. The van der Waals surface area contributed by atoms with Gasteiger partial charge >= 0.3 is 0 Å². The number of likely N-dealkylation sites (tertiary alicyclic amines) is 1. The number of hydrogen-bond acceptors (Lipinski definition) is 3. The van der Waals surface area contributed by atoms with Crippen molar-refractivity contribution in [2.24, 2.45) is 5.92 Å².